The molecular formula is C22H30N6O2. The van der Waals surface area contributed by atoms with Crippen molar-refractivity contribution in [1.29, 1.82) is 0 Å². The van der Waals surface area contributed by atoms with Gasteiger partial charge in [0.25, 0.3) is 0 Å². The maximum absolute atomic E-state index is 9.78. The second-order valence-corrected chi connectivity index (χ2v) is 8.03. The average molecular weight is 411 g/mol. The Morgan fingerprint density at radius 3 is 2.63 bits per heavy atom. The Morgan fingerprint density at radius 1 is 1.13 bits per heavy atom. The summed E-state index contributed by atoms with van der Waals surface area (Å²) < 4.78 is 7.87. The maximum Gasteiger partial charge on any atom is 0.205 e. The summed E-state index contributed by atoms with van der Waals surface area (Å²) in [6.07, 6.45) is 4.93. The number of nitrogens with one attached hydrogen (secondary N) is 2. The van der Waals surface area contributed by atoms with Gasteiger partial charge in [0, 0.05) is 12.1 Å². The number of aliphatic hydroxyl groups is 1. The van der Waals surface area contributed by atoms with Crippen LogP contribution in [0.3, 0.4) is 0 Å². The molecule has 1 aliphatic rings. The number of ether oxygens (including phenoxy) is 1. The minimum absolute atomic E-state index is 0.174. The first-order valence-corrected chi connectivity index (χ1v) is 10.7. The predicted molar refractivity (Wildman–Crippen MR) is 118 cm³/mol. The van der Waals surface area contributed by atoms with E-state index in [4.69, 9.17) is 9.72 Å². The fourth-order valence-electron chi connectivity index (χ4n) is 3.89. The van der Waals surface area contributed by atoms with Gasteiger partial charge >= 0.3 is 0 Å². The third-order valence-corrected chi connectivity index (χ3v) is 5.43. The van der Waals surface area contributed by atoms with Gasteiger partial charge in [-0.3, -0.25) is 4.57 Å². The molecule has 0 radical (unpaired) electrons. The second kappa shape index (κ2) is 9.30. The molecule has 1 aliphatic carbocycles. The molecule has 8 nitrogen and oxygen atoms in total. The number of nitrogens with zero attached hydrogens (tertiary/aromatic N) is 4. The minimum Gasteiger partial charge on any atom is -0.492 e. The highest BCUT2D eigenvalue weighted by atomic mass is 16.5. The summed E-state index contributed by atoms with van der Waals surface area (Å²) in [6.45, 7) is 5.38. The van der Waals surface area contributed by atoms with Gasteiger partial charge in [-0.15, -0.1) is 0 Å². The lowest BCUT2D eigenvalue weighted by atomic mass is 9.93. The molecule has 0 atom stereocenters. The van der Waals surface area contributed by atoms with Crippen molar-refractivity contribution in [2.24, 2.45) is 0 Å². The number of anilines is 2. The highest BCUT2D eigenvalue weighted by Crippen LogP contribution is 2.29. The first kappa shape index (κ1) is 20.4. The fourth-order valence-corrected chi connectivity index (χ4v) is 3.89. The van der Waals surface area contributed by atoms with E-state index in [1.54, 1.807) is 6.33 Å². The van der Waals surface area contributed by atoms with Crippen molar-refractivity contribution in [3.8, 4) is 5.75 Å². The predicted octanol–water partition coefficient (Wildman–Crippen LogP) is 3.61. The molecular weight excluding hydrogens is 380 g/mol. The normalized spacial score (nSPS) is 19.2. The highest BCUT2D eigenvalue weighted by Gasteiger charge is 2.23. The summed E-state index contributed by atoms with van der Waals surface area (Å²) in [5, 5.41) is 16.7. The van der Waals surface area contributed by atoms with E-state index in [9.17, 15) is 5.11 Å². The summed E-state index contributed by atoms with van der Waals surface area (Å²) in [5.41, 5.74) is 1.56. The Hall–Kier alpha value is -2.87. The lowest BCUT2D eigenvalue weighted by molar-refractivity contribution is 0.126. The summed E-state index contributed by atoms with van der Waals surface area (Å²) in [4.78, 5) is 13.8. The zero-order valence-electron chi connectivity index (χ0n) is 17.6. The molecule has 4 rings (SSSR count). The average Bonchev–Trinajstić information content (AvgIpc) is 3.12. The molecule has 160 valence electrons. The largest absolute Gasteiger partial charge is 0.492 e. The van der Waals surface area contributed by atoms with Gasteiger partial charge in [0.15, 0.2) is 17.0 Å². The van der Waals surface area contributed by atoms with Gasteiger partial charge in [0.1, 0.15) is 18.7 Å². The summed E-state index contributed by atoms with van der Waals surface area (Å²) >= 11 is 0. The maximum atomic E-state index is 9.78. The molecule has 2 aromatic heterocycles. The molecule has 3 N–H and O–H groups in total. The molecule has 0 aliphatic heterocycles. The van der Waals surface area contributed by atoms with Crippen molar-refractivity contribution in [3.63, 3.8) is 0 Å². The van der Waals surface area contributed by atoms with Crippen LogP contribution >= 0.6 is 0 Å². The Kier molecular flexibility index (Phi) is 6.32. The number of para-hydroxylation sites is 1. The fraction of sp³-hybridized carbons (Fsp3) is 0.500. The van der Waals surface area contributed by atoms with Crippen LogP contribution in [-0.4, -0.2) is 49.9 Å². The van der Waals surface area contributed by atoms with Crippen LogP contribution in [0.5, 0.6) is 5.75 Å². The van der Waals surface area contributed by atoms with E-state index >= 15 is 0 Å². The standard InChI is InChI=1S/C22H30N6O2/c1-15(2)28-21-19(27-22(28)26-16-8-10-17(29)11-9-16)20(24-14-25-21)23-12-13-30-18-6-4-3-5-7-18/h3-7,14-17,29H,8-13H2,1-2H3,(H,26,27)(H,23,24,25). The Bertz CT molecular complexity index is 951. The minimum atomic E-state index is -0.174. The van der Waals surface area contributed by atoms with Gasteiger partial charge in [0.05, 0.1) is 12.6 Å². The molecule has 1 fully saturated rings. The first-order chi connectivity index (χ1) is 14.6. The molecule has 0 unspecified atom stereocenters. The number of hydrogen-bond acceptors (Lipinski definition) is 7. The second-order valence-electron chi connectivity index (χ2n) is 8.03. The number of benzene rings is 1. The van der Waals surface area contributed by atoms with E-state index in [0.717, 1.165) is 48.5 Å². The van der Waals surface area contributed by atoms with Gasteiger partial charge in [0.2, 0.25) is 5.95 Å². The molecule has 30 heavy (non-hydrogen) atoms. The molecule has 0 amide bonds. The summed E-state index contributed by atoms with van der Waals surface area (Å²) in [5.74, 6) is 2.36. The van der Waals surface area contributed by atoms with Crippen LogP contribution in [0.1, 0.15) is 45.6 Å². The number of rotatable bonds is 8. The molecule has 0 spiro atoms. The van der Waals surface area contributed by atoms with Crippen LogP contribution < -0.4 is 15.4 Å². The van der Waals surface area contributed by atoms with E-state index in [1.165, 1.54) is 0 Å². The number of aromatic nitrogens is 4. The Morgan fingerprint density at radius 2 is 1.90 bits per heavy atom. The summed E-state index contributed by atoms with van der Waals surface area (Å²) in [6, 6.07) is 10.3. The van der Waals surface area contributed by atoms with Gasteiger partial charge in [-0.25, -0.2) is 15.0 Å². The molecule has 3 aromatic rings. The monoisotopic (exact) mass is 410 g/mol. The van der Waals surface area contributed by atoms with Crippen LogP contribution in [-0.2, 0) is 0 Å². The van der Waals surface area contributed by atoms with E-state index in [2.05, 4.69) is 39.0 Å². The van der Waals surface area contributed by atoms with Crippen LogP contribution in [0.25, 0.3) is 11.2 Å². The van der Waals surface area contributed by atoms with Crippen molar-refractivity contribution in [2.45, 2.75) is 57.7 Å². The lowest BCUT2D eigenvalue weighted by Crippen LogP contribution is -2.29. The lowest BCUT2D eigenvalue weighted by Gasteiger charge is -2.27. The molecule has 0 bridgehead atoms. The van der Waals surface area contributed by atoms with Gasteiger partial charge in [-0.2, -0.15) is 0 Å². The van der Waals surface area contributed by atoms with Crippen molar-refractivity contribution >= 4 is 22.9 Å². The van der Waals surface area contributed by atoms with Gasteiger partial charge in [-0.1, -0.05) is 18.2 Å². The molecule has 8 heteroatoms. The van der Waals surface area contributed by atoms with Crippen molar-refractivity contribution in [1.82, 2.24) is 19.5 Å². The van der Waals surface area contributed by atoms with Gasteiger partial charge in [-0.05, 0) is 51.7 Å². The van der Waals surface area contributed by atoms with E-state index in [1.807, 2.05) is 30.3 Å². The molecule has 1 saturated carbocycles. The topological polar surface area (TPSA) is 97.1 Å². The van der Waals surface area contributed by atoms with Crippen LogP contribution in [0, 0.1) is 0 Å². The van der Waals surface area contributed by atoms with Crippen LogP contribution in [0.15, 0.2) is 36.7 Å². The van der Waals surface area contributed by atoms with Gasteiger partial charge < -0.3 is 20.5 Å². The zero-order chi connectivity index (χ0) is 20.9. The third kappa shape index (κ3) is 4.64. The number of hydrogen-bond donors (Lipinski definition) is 3. The van der Waals surface area contributed by atoms with Crippen molar-refractivity contribution in [2.75, 3.05) is 23.8 Å². The zero-order valence-corrected chi connectivity index (χ0v) is 17.6. The Balaban J connectivity index is 1.48. The quantitative estimate of drug-likeness (QED) is 0.488. The highest BCUT2D eigenvalue weighted by molar-refractivity contribution is 5.85. The molecule has 0 saturated heterocycles. The SMILES string of the molecule is CC(C)n1c(NC2CCC(O)CC2)nc2c(NCCOc3ccccc3)ncnc21. The van der Waals surface area contributed by atoms with E-state index in [0.29, 0.717) is 25.0 Å². The first-order valence-electron chi connectivity index (χ1n) is 10.7. The molecule has 1 aromatic carbocycles. The van der Waals surface area contributed by atoms with E-state index < -0.39 is 0 Å². The molecule has 2 heterocycles. The van der Waals surface area contributed by atoms with Crippen LogP contribution in [0.2, 0.25) is 0 Å². The number of aliphatic hydroxyl groups excluding tert-OH is 1. The van der Waals surface area contributed by atoms with E-state index in [-0.39, 0.29) is 12.1 Å². The third-order valence-electron chi connectivity index (χ3n) is 5.43. The van der Waals surface area contributed by atoms with Crippen LogP contribution in [0.4, 0.5) is 11.8 Å². The smallest absolute Gasteiger partial charge is 0.205 e. The van der Waals surface area contributed by atoms with Crippen molar-refractivity contribution in [3.05, 3.63) is 36.7 Å². The number of fused-ring (bicyclic) bond motifs is 1. The Labute approximate surface area is 176 Å². The number of imidazole rings is 1. The van der Waals surface area contributed by atoms with Crippen molar-refractivity contribution < 1.29 is 9.84 Å². The summed E-state index contributed by atoms with van der Waals surface area (Å²) in [7, 11) is 0.